The molecule has 3 aromatic rings. The molecule has 0 saturated carbocycles. The Bertz CT molecular complexity index is 751. The summed E-state index contributed by atoms with van der Waals surface area (Å²) in [5, 5.41) is 7.25. The van der Waals surface area contributed by atoms with Gasteiger partial charge in [-0.1, -0.05) is 47.1 Å². The molecule has 0 saturated heterocycles. The van der Waals surface area contributed by atoms with Crippen molar-refractivity contribution in [2.24, 2.45) is 0 Å². The van der Waals surface area contributed by atoms with Crippen molar-refractivity contribution < 1.29 is 9.26 Å². The minimum atomic E-state index is 0.444. The molecule has 0 unspecified atom stereocenters. The minimum Gasteiger partial charge on any atom is -0.495 e. The van der Waals surface area contributed by atoms with Crippen LogP contribution in [-0.2, 0) is 6.54 Å². The smallest absolute Gasteiger partial charge is 0.246 e. The molecule has 112 valence electrons. The topological polar surface area (TPSA) is 60.2 Å². The SMILES string of the molecule is COc1ccccc1NCc1nc(-c2ccc(C)cc2)no1. The third-order valence-electron chi connectivity index (χ3n) is 3.31. The molecule has 22 heavy (non-hydrogen) atoms. The Hall–Kier alpha value is -2.82. The van der Waals surface area contributed by atoms with Crippen molar-refractivity contribution in [1.82, 2.24) is 10.1 Å². The molecule has 0 bridgehead atoms. The molecule has 5 nitrogen and oxygen atoms in total. The van der Waals surface area contributed by atoms with E-state index in [2.05, 4.69) is 15.5 Å². The molecule has 3 rings (SSSR count). The van der Waals surface area contributed by atoms with E-state index in [0.717, 1.165) is 17.0 Å². The number of nitrogens with zero attached hydrogens (tertiary/aromatic N) is 2. The predicted octanol–water partition coefficient (Wildman–Crippen LogP) is 3.67. The average Bonchev–Trinajstić information content (AvgIpc) is 3.03. The largest absolute Gasteiger partial charge is 0.495 e. The zero-order valence-electron chi connectivity index (χ0n) is 12.5. The average molecular weight is 295 g/mol. The lowest BCUT2D eigenvalue weighted by Crippen LogP contribution is -2.01. The number of aryl methyl sites for hydroxylation is 1. The highest BCUT2D eigenvalue weighted by molar-refractivity contribution is 5.56. The fourth-order valence-electron chi connectivity index (χ4n) is 2.11. The van der Waals surface area contributed by atoms with E-state index in [0.29, 0.717) is 18.3 Å². The van der Waals surface area contributed by atoms with E-state index < -0.39 is 0 Å². The molecule has 5 heteroatoms. The minimum absolute atomic E-state index is 0.444. The van der Waals surface area contributed by atoms with E-state index in [4.69, 9.17) is 9.26 Å². The molecule has 0 atom stereocenters. The van der Waals surface area contributed by atoms with Crippen molar-refractivity contribution in [3.8, 4) is 17.1 Å². The number of benzene rings is 2. The number of methoxy groups -OCH3 is 1. The molecule has 0 aliphatic rings. The van der Waals surface area contributed by atoms with Crippen LogP contribution < -0.4 is 10.1 Å². The highest BCUT2D eigenvalue weighted by atomic mass is 16.5. The molecule has 1 aromatic heterocycles. The summed E-state index contributed by atoms with van der Waals surface area (Å²) < 4.78 is 10.6. The van der Waals surface area contributed by atoms with E-state index in [1.54, 1.807) is 7.11 Å². The zero-order valence-corrected chi connectivity index (χ0v) is 12.5. The van der Waals surface area contributed by atoms with Gasteiger partial charge >= 0.3 is 0 Å². The molecule has 0 amide bonds. The maximum atomic E-state index is 5.29. The lowest BCUT2D eigenvalue weighted by Gasteiger charge is -2.08. The summed E-state index contributed by atoms with van der Waals surface area (Å²) in [5.74, 6) is 1.90. The molecule has 1 N–H and O–H groups in total. The van der Waals surface area contributed by atoms with Crippen LogP contribution in [0.1, 0.15) is 11.5 Å². The maximum Gasteiger partial charge on any atom is 0.246 e. The number of para-hydroxylation sites is 2. The van der Waals surface area contributed by atoms with Gasteiger partial charge in [0.1, 0.15) is 5.75 Å². The monoisotopic (exact) mass is 295 g/mol. The Labute approximate surface area is 128 Å². The Balaban J connectivity index is 1.71. The van der Waals surface area contributed by atoms with Gasteiger partial charge in [0.2, 0.25) is 11.7 Å². The predicted molar refractivity (Wildman–Crippen MR) is 84.8 cm³/mol. The first kappa shape index (κ1) is 14.1. The van der Waals surface area contributed by atoms with Gasteiger partial charge in [-0.25, -0.2) is 0 Å². The van der Waals surface area contributed by atoms with Crippen molar-refractivity contribution in [2.75, 3.05) is 12.4 Å². The summed E-state index contributed by atoms with van der Waals surface area (Å²) in [4.78, 5) is 4.40. The number of aromatic nitrogens is 2. The number of ether oxygens (including phenoxy) is 1. The summed E-state index contributed by atoms with van der Waals surface area (Å²) in [6.07, 6.45) is 0. The van der Waals surface area contributed by atoms with Gasteiger partial charge in [0.25, 0.3) is 0 Å². The second-order valence-corrected chi connectivity index (χ2v) is 4.93. The van der Waals surface area contributed by atoms with Crippen molar-refractivity contribution in [2.45, 2.75) is 13.5 Å². The van der Waals surface area contributed by atoms with Crippen LogP contribution in [0.5, 0.6) is 5.75 Å². The van der Waals surface area contributed by atoms with Crippen LogP contribution in [0.25, 0.3) is 11.4 Å². The molecule has 0 radical (unpaired) electrons. The van der Waals surface area contributed by atoms with Gasteiger partial charge in [-0.2, -0.15) is 4.98 Å². The van der Waals surface area contributed by atoms with Crippen LogP contribution in [0.3, 0.4) is 0 Å². The van der Waals surface area contributed by atoms with Gasteiger partial charge in [0.05, 0.1) is 19.3 Å². The Morgan fingerprint density at radius 3 is 2.64 bits per heavy atom. The van der Waals surface area contributed by atoms with E-state index in [9.17, 15) is 0 Å². The lowest BCUT2D eigenvalue weighted by atomic mass is 10.1. The highest BCUT2D eigenvalue weighted by Gasteiger charge is 2.09. The molecule has 0 aliphatic carbocycles. The summed E-state index contributed by atoms with van der Waals surface area (Å²) in [6, 6.07) is 15.7. The van der Waals surface area contributed by atoms with Crippen LogP contribution in [0.15, 0.2) is 53.1 Å². The van der Waals surface area contributed by atoms with Crippen LogP contribution in [-0.4, -0.2) is 17.3 Å². The van der Waals surface area contributed by atoms with E-state index >= 15 is 0 Å². The van der Waals surface area contributed by atoms with Crippen molar-refractivity contribution >= 4 is 5.69 Å². The van der Waals surface area contributed by atoms with Gasteiger partial charge in [0.15, 0.2) is 0 Å². The Morgan fingerprint density at radius 1 is 1.09 bits per heavy atom. The molecular formula is C17H17N3O2. The van der Waals surface area contributed by atoms with Gasteiger partial charge in [0, 0.05) is 5.56 Å². The third-order valence-corrected chi connectivity index (χ3v) is 3.31. The van der Waals surface area contributed by atoms with E-state index in [1.165, 1.54) is 5.56 Å². The number of hydrogen-bond acceptors (Lipinski definition) is 5. The number of rotatable bonds is 5. The van der Waals surface area contributed by atoms with Crippen LogP contribution in [0.4, 0.5) is 5.69 Å². The first-order valence-corrected chi connectivity index (χ1v) is 7.03. The van der Waals surface area contributed by atoms with Crippen molar-refractivity contribution in [3.05, 3.63) is 60.0 Å². The van der Waals surface area contributed by atoms with Gasteiger partial charge in [-0.3, -0.25) is 0 Å². The van der Waals surface area contributed by atoms with Crippen LogP contribution in [0.2, 0.25) is 0 Å². The summed E-state index contributed by atoms with van der Waals surface area (Å²) in [7, 11) is 1.64. The summed E-state index contributed by atoms with van der Waals surface area (Å²) in [5.41, 5.74) is 3.03. The molecule has 0 aliphatic heterocycles. The first-order chi connectivity index (χ1) is 10.8. The van der Waals surface area contributed by atoms with Crippen LogP contribution in [0, 0.1) is 6.92 Å². The van der Waals surface area contributed by atoms with E-state index in [1.807, 2.05) is 55.5 Å². The second-order valence-electron chi connectivity index (χ2n) is 4.93. The van der Waals surface area contributed by atoms with Crippen molar-refractivity contribution in [3.63, 3.8) is 0 Å². The van der Waals surface area contributed by atoms with Crippen molar-refractivity contribution in [1.29, 1.82) is 0 Å². The Kier molecular flexibility index (Phi) is 4.05. The second kappa shape index (κ2) is 6.30. The number of nitrogens with one attached hydrogen (secondary N) is 1. The maximum absolute atomic E-state index is 5.29. The van der Waals surface area contributed by atoms with Gasteiger partial charge < -0.3 is 14.6 Å². The fraction of sp³-hybridized carbons (Fsp3) is 0.176. The highest BCUT2D eigenvalue weighted by Crippen LogP contribution is 2.24. The normalized spacial score (nSPS) is 10.5. The first-order valence-electron chi connectivity index (χ1n) is 7.03. The molecule has 0 spiro atoms. The lowest BCUT2D eigenvalue weighted by molar-refractivity contribution is 0.383. The van der Waals surface area contributed by atoms with E-state index in [-0.39, 0.29) is 0 Å². The Morgan fingerprint density at radius 2 is 1.86 bits per heavy atom. The third kappa shape index (κ3) is 3.09. The summed E-state index contributed by atoms with van der Waals surface area (Å²) in [6.45, 7) is 2.49. The van der Waals surface area contributed by atoms with Gasteiger partial charge in [-0.05, 0) is 19.1 Å². The van der Waals surface area contributed by atoms with Crippen LogP contribution >= 0.6 is 0 Å². The number of hydrogen-bond donors (Lipinski definition) is 1. The summed E-state index contributed by atoms with van der Waals surface area (Å²) >= 11 is 0. The quantitative estimate of drug-likeness (QED) is 0.778. The molecule has 1 heterocycles. The van der Waals surface area contributed by atoms with Gasteiger partial charge in [-0.15, -0.1) is 0 Å². The zero-order chi connectivity index (χ0) is 15.4. The fourth-order valence-corrected chi connectivity index (χ4v) is 2.11. The molecular weight excluding hydrogens is 278 g/mol. The molecule has 0 fully saturated rings. The number of anilines is 1. The molecule has 2 aromatic carbocycles. The standard InChI is InChI=1S/C17H17N3O2/c1-12-7-9-13(10-8-12)17-19-16(22-20-17)11-18-14-5-3-4-6-15(14)21-2/h3-10,18H,11H2,1-2H3.